The van der Waals surface area contributed by atoms with Gasteiger partial charge in [0.15, 0.2) is 0 Å². The van der Waals surface area contributed by atoms with Crippen LogP contribution in [0.3, 0.4) is 0 Å². The fraction of sp³-hybridized carbons (Fsp3) is 0.769. The Bertz CT molecular complexity index is 703. The third kappa shape index (κ3) is 4.74. The molecule has 0 radical (unpaired) electrons. The summed E-state index contributed by atoms with van der Waals surface area (Å²) in [7, 11) is -3.55. The number of fused-ring (bicyclic) bond motifs is 2. The molecule has 4 amide bonds. The van der Waals surface area contributed by atoms with Crippen molar-refractivity contribution in [2.75, 3.05) is 13.6 Å². The number of ether oxygens (including phenoxy) is 1. The number of hydroxylamine groups is 2. The van der Waals surface area contributed by atoms with E-state index in [4.69, 9.17) is 9.29 Å². The Morgan fingerprint density at radius 3 is 2.46 bits per heavy atom. The van der Waals surface area contributed by atoms with Gasteiger partial charge in [-0.2, -0.15) is 13.5 Å². The summed E-state index contributed by atoms with van der Waals surface area (Å²) in [5, 5.41) is 1.41. The first-order valence-electron chi connectivity index (χ1n) is 7.82. The quantitative estimate of drug-likeness (QED) is 0.498. The zero-order valence-electron chi connectivity index (χ0n) is 14.8. The molecule has 0 aliphatic carbocycles. The second kappa shape index (κ2) is 6.89. The Labute approximate surface area is 150 Å². The number of hydrazine groups is 1. The van der Waals surface area contributed by atoms with E-state index in [0.717, 1.165) is 9.91 Å². The zero-order valence-corrected chi connectivity index (χ0v) is 15.6. The number of nitrogens with one attached hydrogen (secondary N) is 1. The molecule has 12 nitrogen and oxygen atoms in total. The standard InChI is InChI=1S/C13H22N4O8S/c1-13(2,3)24-12(20)15(4)14-10(18)9-6-5-8-7-16(9)11(19)17(8)25-26(21,22)23/h8-9H,5-7H2,1-4H3,(H,14,18)(H,21,22,23). The fourth-order valence-corrected chi connectivity index (χ4v) is 3.11. The van der Waals surface area contributed by atoms with Crippen molar-refractivity contribution < 1.29 is 36.4 Å². The van der Waals surface area contributed by atoms with Crippen molar-refractivity contribution >= 4 is 28.4 Å². The van der Waals surface area contributed by atoms with Crippen LogP contribution in [0.15, 0.2) is 0 Å². The highest BCUT2D eigenvalue weighted by Gasteiger charge is 2.49. The predicted octanol–water partition coefficient (Wildman–Crippen LogP) is -0.112. The van der Waals surface area contributed by atoms with Crippen LogP contribution in [0.2, 0.25) is 0 Å². The molecule has 2 aliphatic rings. The number of amides is 4. The van der Waals surface area contributed by atoms with Crippen LogP contribution in [0, 0.1) is 0 Å². The van der Waals surface area contributed by atoms with Gasteiger partial charge in [-0.05, 0) is 33.6 Å². The maximum Gasteiger partial charge on any atom is 0.428 e. The van der Waals surface area contributed by atoms with Crippen LogP contribution < -0.4 is 5.43 Å². The first kappa shape index (κ1) is 20.2. The molecule has 2 N–H and O–H groups in total. The maximum absolute atomic E-state index is 12.4. The van der Waals surface area contributed by atoms with Crippen LogP contribution in [0.5, 0.6) is 0 Å². The minimum absolute atomic E-state index is 0.0581. The van der Waals surface area contributed by atoms with E-state index in [2.05, 4.69) is 9.71 Å². The molecule has 2 bridgehead atoms. The number of carbonyl (C=O) groups is 3. The molecule has 0 spiro atoms. The van der Waals surface area contributed by atoms with Crippen molar-refractivity contribution in [1.29, 1.82) is 0 Å². The fourth-order valence-electron chi connectivity index (χ4n) is 2.72. The SMILES string of the molecule is CN(NC(=O)C1CCC2CN1C(=O)N2OS(=O)(=O)O)C(=O)OC(C)(C)C. The molecule has 0 saturated carbocycles. The molecule has 0 aromatic rings. The number of hydrogen-bond donors (Lipinski definition) is 2. The Hall–Kier alpha value is -2.12. The Morgan fingerprint density at radius 2 is 1.92 bits per heavy atom. The molecule has 0 aromatic carbocycles. The lowest BCUT2D eigenvalue weighted by atomic mass is 10.0. The summed E-state index contributed by atoms with van der Waals surface area (Å²) in [6.45, 7) is 5.08. The van der Waals surface area contributed by atoms with Gasteiger partial charge < -0.3 is 9.64 Å². The lowest BCUT2D eigenvalue weighted by Gasteiger charge is -2.31. The maximum atomic E-state index is 12.4. The van der Waals surface area contributed by atoms with Crippen LogP contribution in [0.1, 0.15) is 33.6 Å². The normalized spacial score (nSPS) is 23.0. The number of urea groups is 1. The van der Waals surface area contributed by atoms with Crippen molar-refractivity contribution in [2.24, 2.45) is 0 Å². The average Bonchev–Trinajstić information content (AvgIpc) is 2.69. The van der Waals surface area contributed by atoms with Crippen molar-refractivity contribution in [3.05, 3.63) is 0 Å². The summed E-state index contributed by atoms with van der Waals surface area (Å²) in [5.74, 6) is -0.626. The van der Waals surface area contributed by atoms with E-state index in [1.807, 2.05) is 0 Å². The van der Waals surface area contributed by atoms with Gasteiger partial charge in [0, 0.05) is 13.6 Å². The van der Waals surface area contributed by atoms with Gasteiger partial charge in [-0.3, -0.25) is 14.8 Å². The van der Waals surface area contributed by atoms with Crippen LogP contribution >= 0.6 is 0 Å². The van der Waals surface area contributed by atoms with Gasteiger partial charge in [-0.15, -0.1) is 4.28 Å². The number of nitrogens with zero attached hydrogens (tertiary/aromatic N) is 3. The monoisotopic (exact) mass is 394 g/mol. The van der Waals surface area contributed by atoms with Crippen LogP contribution in [0.25, 0.3) is 0 Å². The Balaban J connectivity index is 2.01. The molecule has 2 unspecified atom stereocenters. The van der Waals surface area contributed by atoms with Gasteiger partial charge in [-0.1, -0.05) is 0 Å². The molecule has 26 heavy (non-hydrogen) atoms. The highest BCUT2D eigenvalue weighted by Crippen LogP contribution is 2.30. The van der Waals surface area contributed by atoms with Gasteiger partial charge in [0.05, 0.1) is 6.04 Å². The molecule has 2 fully saturated rings. The lowest BCUT2D eigenvalue weighted by molar-refractivity contribution is -0.130. The van der Waals surface area contributed by atoms with E-state index < -0.39 is 46.1 Å². The highest BCUT2D eigenvalue weighted by molar-refractivity contribution is 7.80. The first-order chi connectivity index (χ1) is 11.8. The number of rotatable bonds is 3. The third-order valence-corrected chi connectivity index (χ3v) is 4.09. The molecular formula is C13H22N4O8S. The second-order valence-corrected chi connectivity index (χ2v) is 8.03. The summed E-state index contributed by atoms with van der Waals surface area (Å²) >= 11 is 0. The van der Waals surface area contributed by atoms with Gasteiger partial charge in [-0.25, -0.2) is 14.6 Å². The largest absolute Gasteiger partial charge is 0.442 e. The molecule has 0 aromatic heterocycles. The Morgan fingerprint density at radius 1 is 1.31 bits per heavy atom. The average molecular weight is 394 g/mol. The number of hydrogen-bond acceptors (Lipinski definition) is 7. The molecule has 13 heteroatoms. The summed E-state index contributed by atoms with van der Waals surface area (Å²) in [4.78, 5) is 37.7. The van der Waals surface area contributed by atoms with Gasteiger partial charge in [0.1, 0.15) is 11.6 Å². The molecule has 2 rings (SSSR count). The summed E-state index contributed by atoms with van der Waals surface area (Å²) in [6.07, 6.45) is -0.259. The molecular weight excluding hydrogens is 372 g/mol. The number of carbonyl (C=O) groups excluding carboxylic acids is 3. The summed E-state index contributed by atoms with van der Waals surface area (Å²) in [5.41, 5.74) is 1.59. The van der Waals surface area contributed by atoms with Crippen molar-refractivity contribution in [3.8, 4) is 0 Å². The van der Waals surface area contributed by atoms with E-state index in [1.165, 1.54) is 7.05 Å². The first-order valence-corrected chi connectivity index (χ1v) is 9.19. The minimum Gasteiger partial charge on any atom is -0.442 e. The molecule has 2 saturated heterocycles. The highest BCUT2D eigenvalue weighted by atomic mass is 32.3. The van der Waals surface area contributed by atoms with E-state index >= 15 is 0 Å². The van der Waals surface area contributed by atoms with E-state index in [1.54, 1.807) is 20.8 Å². The molecule has 2 heterocycles. The van der Waals surface area contributed by atoms with E-state index in [0.29, 0.717) is 5.06 Å². The van der Waals surface area contributed by atoms with Crippen LogP contribution in [-0.4, -0.2) is 77.3 Å². The third-order valence-electron chi connectivity index (χ3n) is 3.75. The minimum atomic E-state index is -4.86. The predicted molar refractivity (Wildman–Crippen MR) is 85.5 cm³/mol. The summed E-state index contributed by atoms with van der Waals surface area (Å²) < 4.78 is 39.9. The van der Waals surface area contributed by atoms with E-state index in [-0.39, 0.29) is 19.4 Å². The van der Waals surface area contributed by atoms with Crippen LogP contribution in [0.4, 0.5) is 9.59 Å². The lowest BCUT2D eigenvalue weighted by Crippen LogP contribution is -2.55. The topological polar surface area (TPSA) is 146 Å². The molecule has 2 aliphatic heterocycles. The van der Waals surface area contributed by atoms with Gasteiger partial charge >= 0.3 is 22.5 Å². The molecule has 148 valence electrons. The van der Waals surface area contributed by atoms with Gasteiger partial charge in [0.25, 0.3) is 5.91 Å². The number of piperidine rings is 1. The Kier molecular flexibility index (Phi) is 5.35. The van der Waals surface area contributed by atoms with Gasteiger partial charge in [0.2, 0.25) is 0 Å². The van der Waals surface area contributed by atoms with Crippen molar-refractivity contribution in [3.63, 3.8) is 0 Å². The molecule has 2 atom stereocenters. The van der Waals surface area contributed by atoms with Crippen LogP contribution in [-0.2, 0) is 24.2 Å². The smallest absolute Gasteiger partial charge is 0.428 e. The second-order valence-electron chi connectivity index (χ2n) is 7.03. The van der Waals surface area contributed by atoms with E-state index in [9.17, 15) is 22.8 Å². The van der Waals surface area contributed by atoms with Crippen molar-refractivity contribution in [2.45, 2.75) is 51.3 Å². The zero-order chi connectivity index (χ0) is 19.9. The summed E-state index contributed by atoms with van der Waals surface area (Å²) in [6, 6.07) is -2.37. The van der Waals surface area contributed by atoms with Crippen molar-refractivity contribution in [1.82, 2.24) is 20.4 Å².